The van der Waals surface area contributed by atoms with Crippen LogP contribution in [0.1, 0.15) is 34.1 Å². The number of rotatable bonds is 5. The molecule has 0 fully saturated rings. The number of nitrogens with one attached hydrogen (secondary N) is 1. The van der Waals surface area contributed by atoms with E-state index < -0.39 is 11.5 Å². The Hall–Kier alpha value is -1.26. The van der Waals surface area contributed by atoms with Gasteiger partial charge in [-0.1, -0.05) is 20.3 Å². The Balaban J connectivity index is 4.31. The summed E-state index contributed by atoms with van der Waals surface area (Å²) in [5, 5.41) is 11.3. The van der Waals surface area contributed by atoms with Crippen molar-refractivity contribution in [2.45, 2.75) is 39.7 Å². The van der Waals surface area contributed by atoms with Crippen LogP contribution in [0.15, 0.2) is 0 Å². The van der Waals surface area contributed by atoms with Crippen molar-refractivity contribution < 1.29 is 14.7 Å². The van der Waals surface area contributed by atoms with Crippen LogP contribution >= 0.6 is 0 Å². The largest absolute Gasteiger partial charge is 0.480 e. The van der Waals surface area contributed by atoms with Gasteiger partial charge >= 0.3 is 12.0 Å². The molecule has 0 aliphatic heterocycles. The molecule has 5 heteroatoms. The van der Waals surface area contributed by atoms with Gasteiger partial charge in [-0.2, -0.15) is 0 Å². The van der Waals surface area contributed by atoms with Crippen molar-refractivity contribution in [3.05, 3.63) is 0 Å². The quantitative estimate of drug-likeness (QED) is 0.752. The van der Waals surface area contributed by atoms with Gasteiger partial charge in [-0.25, -0.2) is 9.59 Å². The summed E-state index contributed by atoms with van der Waals surface area (Å²) in [5.74, 6) is -0.638. The maximum absolute atomic E-state index is 11.7. The zero-order valence-corrected chi connectivity index (χ0v) is 10.7. The lowest BCUT2D eigenvalue weighted by Gasteiger charge is -2.27. The molecule has 2 amide bonds. The SMILES string of the molecule is CCC(C)CN(C)C(=O)NC(C)(C)C(=O)O. The van der Waals surface area contributed by atoms with E-state index in [1.165, 1.54) is 18.7 Å². The first-order chi connectivity index (χ1) is 7.20. The molecule has 5 nitrogen and oxygen atoms in total. The molecule has 0 aliphatic rings. The van der Waals surface area contributed by atoms with Gasteiger partial charge in [0.15, 0.2) is 0 Å². The molecular weight excluding hydrogens is 208 g/mol. The molecule has 0 aromatic heterocycles. The van der Waals surface area contributed by atoms with E-state index >= 15 is 0 Å². The lowest BCUT2D eigenvalue weighted by Crippen LogP contribution is -2.53. The number of hydrogen-bond donors (Lipinski definition) is 2. The summed E-state index contributed by atoms with van der Waals surface area (Å²) in [6.45, 7) is 7.65. The molecule has 2 N–H and O–H groups in total. The fourth-order valence-corrected chi connectivity index (χ4v) is 1.10. The predicted octanol–water partition coefficient (Wildman–Crippen LogP) is 1.54. The average Bonchev–Trinajstić information content (AvgIpc) is 2.16. The number of hydrogen-bond acceptors (Lipinski definition) is 2. The van der Waals surface area contributed by atoms with E-state index in [2.05, 4.69) is 12.2 Å². The normalized spacial score (nSPS) is 13.1. The van der Waals surface area contributed by atoms with Crippen molar-refractivity contribution in [2.24, 2.45) is 5.92 Å². The third-order valence-corrected chi connectivity index (χ3v) is 2.58. The Bertz CT molecular complexity index is 264. The van der Waals surface area contributed by atoms with Crippen LogP contribution in [0.4, 0.5) is 4.79 Å². The minimum atomic E-state index is -1.24. The molecule has 0 saturated heterocycles. The molecule has 0 rings (SSSR count). The Morgan fingerprint density at radius 1 is 1.44 bits per heavy atom. The van der Waals surface area contributed by atoms with Crippen molar-refractivity contribution in [1.82, 2.24) is 10.2 Å². The summed E-state index contributed by atoms with van der Waals surface area (Å²) in [6.07, 6.45) is 0.986. The molecule has 0 heterocycles. The van der Waals surface area contributed by atoms with Gasteiger partial charge in [0.2, 0.25) is 0 Å². The van der Waals surface area contributed by atoms with E-state index in [1.807, 2.05) is 6.92 Å². The van der Waals surface area contributed by atoms with E-state index in [0.29, 0.717) is 12.5 Å². The number of urea groups is 1. The van der Waals surface area contributed by atoms with Crippen molar-refractivity contribution in [3.63, 3.8) is 0 Å². The van der Waals surface area contributed by atoms with Gasteiger partial charge in [0.25, 0.3) is 0 Å². The molecule has 0 aliphatic carbocycles. The van der Waals surface area contributed by atoms with Crippen molar-refractivity contribution in [2.75, 3.05) is 13.6 Å². The van der Waals surface area contributed by atoms with Crippen LogP contribution in [0.3, 0.4) is 0 Å². The number of carbonyl (C=O) groups excluding carboxylic acids is 1. The van der Waals surface area contributed by atoms with Gasteiger partial charge < -0.3 is 15.3 Å². The third-order valence-electron chi connectivity index (χ3n) is 2.58. The van der Waals surface area contributed by atoms with Crippen LogP contribution in [0.5, 0.6) is 0 Å². The number of carboxylic acids is 1. The first-order valence-electron chi connectivity index (χ1n) is 5.47. The fourth-order valence-electron chi connectivity index (χ4n) is 1.10. The Morgan fingerprint density at radius 2 is 1.94 bits per heavy atom. The number of nitrogens with zero attached hydrogens (tertiary/aromatic N) is 1. The van der Waals surface area contributed by atoms with Crippen molar-refractivity contribution >= 4 is 12.0 Å². The van der Waals surface area contributed by atoms with Crippen LogP contribution in [-0.2, 0) is 4.79 Å². The van der Waals surface area contributed by atoms with Gasteiger partial charge in [0.1, 0.15) is 5.54 Å². The number of carbonyl (C=O) groups is 2. The topological polar surface area (TPSA) is 69.6 Å². The zero-order valence-electron chi connectivity index (χ0n) is 10.7. The first kappa shape index (κ1) is 14.7. The molecule has 94 valence electrons. The summed E-state index contributed by atoms with van der Waals surface area (Å²) >= 11 is 0. The maximum Gasteiger partial charge on any atom is 0.328 e. The molecule has 16 heavy (non-hydrogen) atoms. The summed E-state index contributed by atoms with van der Waals surface area (Å²) in [6, 6.07) is -0.354. The lowest BCUT2D eigenvalue weighted by atomic mass is 10.1. The smallest absolute Gasteiger partial charge is 0.328 e. The first-order valence-corrected chi connectivity index (χ1v) is 5.47. The molecule has 1 unspecified atom stereocenters. The van der Waals surface area contributed by atoms with Gasteiger partial charge in [0.05, 0.1) is 0 Å². The Kier molecular flexibility index (Phi) is 5.27. The molecule has 0 saturated carbocycles. The summed E-state index contributed by atoms with van der Waals surface area (Å²) in [7, 11) is 1.67. The molecule has 0 aromatic carbocycles. The maximum atomic E-state index is 11.7. The number of amides is 2. The lowest BCUT2D eigenvalue weighted by molar-refractivity contribution is -0.143. The second kappa shape index (κ2) is 5.72. The Morgan fingerprint density at radius 3 is 2.31 bits per heavy atom. The minimum absolute atomic E-state index is 0.354. The van der Waals surface area contributed by atoms with E-state index in [0.717, 1.165) is 6.42 Å². The predicted molar refractivity (Wildman–Crippen MR) is 62.3 cm³/mol. The fraction of sp³-hybridized carbons (Fsp3) is 0.818. The highest BCUT2D eigenvalue weighted by Crippen LogP contribution is 2.06. The highest BCUT2D eigenvalue weighted by molar-refractivity contribution is 5.85. The summed E-state index contributed by atoms with van der Waals surface area (Å²) < 4.78 is 0. The number of carboxylic acid groups (broad SMARTS) is 1. The summed E-state index contributed by atoms with van der Waals surface area (Å²) in [5.41, 5.74) is -1.24. The average molecular weight is 230 g/mol. The van der Waals surface area contributed by atoms with Crippen LogP contribution in [0.2, 0.25) is 0 Å². The minimum Gasteiger partial charge on any atom is -0.480 e. The van der Waals surface area contributed by atoms with E-state index in [9.17, 15) is 9.59 Å². The Labute approximate surface area is 96.8 Å². The van der Waals surface area contributed by atoms with Crippen LogP contribution in [-0.4, -0.2) is 41.1 Å². The van der Waals surface area contributed by atoms with E-state index in [4.69, 9.17) is 5.11 Å². The van der Waals surface area contributed by atoms with E-state index in [1.54, 1.807) is 7.05 Å². The molecule has 1 atom stereocenters. The van der Waals surface area contributed by atoms with Gasteiger partial charge in [0, 0.05) is 13.6 Å². The second-order valence-corrected chi connectivity index (χ2v) is 4.75. The molecular formula is C11H22N2O3. The van der Waals surface area contributed by atoms with Crippen LogP contribution < -0.4 is 5.32 Å². The van der Waals surface area contributed by atoms with Crippen molar-refractivity contribution in [1.29, 1.82) is 0 Å². The molecule has 0 radical (unpaired) electrons. The highest BCUT2D eigenvalue weighted by Gasteiger charge is 2.30. The molecule has 0 spiro atoms. The number of aliphatic carboxylic acids is 1. The highest BCUT2D eigenvalue weighted by atomic mass is 16.4. The van der Waals surface area contributed by atoms with E-state index in [-0.39, 0.29) is 6.03 Å². The van der Waals surface area contributed by atoms with Crippen LogP contribution in [0, 0.1) is 5.92 Å². The monoisotopic (exact) mass is 230 g/mol. The van der Waals surface area contributed by atoms with Gasteiger partial charge in [-0.15, -0.1) is 0 Å². The van der Waals surface area contributed by atoms with Crippen molar-refractivity contribution in [3.8, 4) is 0 Å². The summed E-state index contributed by atoms with van der Waals surface area (Å²) in [4.78, 5) is 24.0. The van der Waals surface area contributed by atoms with Gasteiger partial charge in [-0.05, 0) is 19.8 Å². The zero-order chi connectivity index (χ0) is 12.9. The molecule has 0 bridgehead atoms. The van der Waals surface area contributed by atoms with Crippen LogP contribution in [0.25, 0.3) is 0 Å². The standard InChI is InChI=1S/C11H22N2O3/c1-6-8(2)7-13(5)10(16)12-11(3,4)9(14)15/h8H,6-7H2,1-5H3,(H,12,16)(H,14,15). The second-order valence-electron chi connectivity index (χ2n) is 4.75. The molecule has 0 aromatic rings. The van der Waals surface area contributed by atoms with Gasteiger partial charge in [-0.3, -0.25) is 0 Å². The third kappa shape index (κ3) is 4.51.